The van der Waals surface area contributed by atoms with Gasteiger partial charge in [0.15, 0.2) is 17.5 Å². The van der Waals surface area contributed by atoms with E-state index in [2.05, 4.69) is 40.4 Å². The van der Waals surface area contributed by atoms with Gasteiger partial charge in [-0.25, -0.2) is 0 Å². The Kier molecular flexibility index (Phi) is 8.27. The first kappa shape index (κ1) is 21.1. The van der Waals surface area contributed by atoms with Gasteiger partial charge in [-0.1, -0.05) is 6.07 Å². The highest BCUT2D eigenvalue weighted by atomic mass is 127. The van der Waals surface area contributed by atoms with Crippen molar-refractivity contribution in [3.05, 3.63) is 23.8 Å². The second-order valence-electron chi connectivity index (χ2n) is 7.09. The van der Waals surface area contributed by atoms with E-state index < -0.39 is 0 Å². The zero-order chi connectivity index (χ0) is 17.6. The third-order valence-electron chi connectivity index (χ3n) is 4.96. The summed E-state index contributed by atoms with van der Waals surface area (Å²) in [6, 6.07) is 6.66. The maximum Gasteiger partial charge on any atom is 0.231 e. The molecule has 7 heteroatoms. The summed E-state index contributed by atoms with van der Waals surface area (Å²) in [7, 11) is 1.82. The second kappa shape index (κ2) is 10.2. The van der Waals surface area contributed by atoms with Crippen LogP contribution >= 0.6 is 24.0 Å². The van der Waals surface area contributed by atoms with E-state index in [4.69, 9.17) is 9.47 Å². The van der Waals surface area contributed by atoms with Gasteiger partial charge in [0.2, 0.25) is 6.79 Å². The van der Waals surface area contributed by atoms with Crippen LogP contribution in [0.1, 0.15) is 32.3 Å². The first-order chi connectivity index (χ1) is 12.2. The number of rotatable bonds is 5. The van der Waals surface area contributed by atoms with E-state index in [1.807, 2.05) is 19.2 Å². The lowest BCUT2D eigenvalue weighted by atomic mass is 9.97. The summed E-state index contributed by atoms with van der Waals surface area (Å²) in [5.74, 6) is 3.16. The van der Waals surface area contributed by atoms with Gasteiger partial charge in [0.1, 0.15) is 0 Å². The molecule has 0 radical (unpaired) electrons. The average molecular weight is 474 g/mol. The lowest BCUT2D eigenvalue weighted by molar-refractivity contribution is 0.141. The maximum absolute atomic E-state index is 5.43. The van der Waals surface area contributed by atoms with E-state index in [0.717, 1.165) is 29.6 Å². The molecule has 2 heterocycles. The third kappa shape index (κ3) is 5.64. The molecule has 1 aromatic carbocycles. The molecule has 1 saturated heterocycles. The van der Waals surface area contributed by atoms with Crippen LogP contribution in [-0.4, -0.2) is 50.4 Å². The molecule has 0 bridgehead atoms. The van der Waals surface area contributed by atoms with E-state index in [0.29, 0.717) is 25.3 Å². The van der Waals surface area contributed by atoms with Crippen molar-refractivity contribution in [3.63, 3.8) is 0 Å². The Morgan fingerprint density at radius 2 is 2.08 bits per heavy atom. The number of nitrogens with one attached hydrogen (secondary N) is 2. The van der Waals surface area contributed by atoms with Crippen LogP contribution < -0.4 is 20.1 Å². The molecule has 3 rings (SSSR count). The van der Waals surface area contributed by atoms with Crippen molar-refractivity contribution in [2.75, 3.05) is 33.5 Å². The third-order valence-corrected chi connectivity index (χ3v) is 4.96. The number of aliphatic imine (C=N–C) groups is 1. The van der Waals surface area contributed by atoms with Crippen molar-refractivity contribution in [2.24, 2.45) is 10.9 Å². The molecule has 2 aliphatic heterocycles. The number of nitrogens with zero attached hydrogens (tertiary/aromatic N) is 2. The van der Waals surface area contributed by atoms with Crippen molar-refractivity contribution in [1.29, 1.82) is 0 Å². The van der Waals surface area contributed by atoms with Gasteiger partial charge >= 0.3 is 0 Å². The molecule has 2 aliphatic rings. The molecule has 1 fully saturated rings. The first-order valence-corrected chi connectivity index (χ1v) is 9.23. The highest BCUT2D eigenvalue weighted by Crippen LogP contribution is 2.32. The molecule has 0 amide bonds. The maximum atomic E-state index is 5.43. The Bertz CT molecular complexity index is 609. The molecule has 26 heavy (non-hydrogen) atoms. The average Bonchev–Trinajstić information content (AvgIpc) is 3.10. The number of ether oxygens (including phenoxy) is 2. The topological polar surface area (TPSA) is 58.1 Å². The number of guanidine groups is 1. The second-order valence-corrected chi connectivity index (χ2v) is 7.09. The summed E-state index contributed by atoms with van der Waals surface area (Å²) in [6.45, 7) is 8.94. The van der Waals surface area contributed by atoms with E-state index in [-0.39, 0.29) is 24.0 Å². The Morgan fingerprint density at radius 1 is 1.27 bits per heavy atom. The zero-order valence-electron chi connectivity index (χ0n) is 16.0. The SMILES string of the molecule is CN=C(NCc1ccc2c(c1)OCO2)NCC1CCCN(C(C)C)C1.I. The van der Waals surface area contributed by atoms with Crippen LogP contribution in [0.2, 0.25) is 0 Å². The standard InChI is InChI=1S/C19H30N4O2.HI/c1-14(2)23-8-4-5-16(12-23)11-22-19(20-3)21-10-15-6-7-17-18(9-15)25-13-24-17;/h6-7,9,14,16H,4-5,8,10-13H2,1-3H3,(H2,20,21,22);1H. The molecular weight excluding hydrogens is 443 g/mol. The molecule has 0 saturated carbocycles. The summed E-state index contributed by atoms with van der Waals surface area (Å²) < 4.78 is 10.8. The van der Waals surface area contributed by atoms with Crippen LogP contribution in [0.3, 0.4) is 0 Å². The molecule has 1 atom stereocenters. The van der Waals surface area contributed by atoms with Crippen LogP contribution in [-0.2, 0) is 6.54 Å². The van der Waals surface area contributed by atoms with E-state index >= 15 is 0 Å². The number of likely N-dealkylation sites (tertiary alicyclic amines) is 1. The lowest BCUT2D eigenvalue weighted by Crippen LogP contribution is -2.45. The molecule has 1 unspecified atom stereocenters. The number of hydrogen-bond donors (Lipinski definition) is 2. The van der Waals surface area contributed by atoms with Gasteiger partial charge in [-0.15, -0.1) is 24.0 Å². The minimum atomic E-state index is 0. The van der Waals surface area contributed by atoms with Gasteiger partial charge in [-0.3, -0.25) is 4.99 Å². The summed E-state index contributed by atoms with van der Waals surface area (Å²) >= 11 is 0. The smallest absolute Gasteiger partial charge is 0.231 e. The summed E-state index contributed by atoms with van der Waals surface area (Å²) in [4.78, 5) is 6.91. The van der Waals surface area contributed by atoms with Crippen LogP contribution in [0.25, 0.3) is 0 Å². The fraction of sp³-hybridized carbons (Fsp3) is 0.632. The molecule has 146 valence electrons. The van der Waals surface area contributed by atoms with Gasteiger partial charge in [0.25, 0.3) is 0 Å². The largest absolute Gasteiger partial charge is 0.454 e. The first-order valence-electron chi connectivity index (χ1n) is 9.23. The number of benzene rings is 1. The summed E-state index contributed by atoms with van der Waals surface area (Å²) in [5.41, 5.74) is 1.15. The Labute approximate surface area is 173 Å². The van der Waals surface area contributed by atoms with E-state index in [9.17, 15) is 0 Å². The molecule has 0 spiro atoms. The monoisotopic (exact) mass is 474 g/mol. The van der Waals surface area contributed by atoms with E-state index in [1.165, 1.54) is 25.9 Å². The molecular formula is C19H31IN4O2. The molecule has 6 nitrogen and oxygen atoms in total. The quantitative estimate of drug-likeness (QED) is 0.391. The van der Waals surface area contributed by atoms with Gasteiger partial charge in [-0.2, -0.15) is 0 Å². The van der Waals surface area contributed by atoms with Crippen molar-refractivity contribution in [2.45, 2.75) is 39.3 Å². The van der Waals surface area contributed by atoms with Crippen molar-refractivity contribution in [1.82, 2.24) is 15.5 Å². The van der Waals surface area contributed by atoms with E-state index in [1.54, 1.807) is 0 Å². The molecule has 2 N–H and O–H groups in total. The number of fused-ring (bicyclic) bond motifs is 1. The van der Waals surface area contributed by atoms with Gasteiger partial charge in [0, 0.05) is 32.7 Å². The predicted octanol–water partition coefficient (Wildman–Crippen LogP) is 2.82. The van der Waals surface area contributed by atoms with Crippen LogP contribution in [0, 0.1) is 5.92 Å². The van der Waals surface area contributed by atoms with Gasteiger partial charge < -0.3 is 25.0 Å². The summed E-state index contributed by atoms with van der Waals surface area (Å²) in [5, 5.41) is 6.86. The van der Waals surface area contributed by atoms with Crippen LogP contribution in [0.4, 0.5) is 0 Å². The van der Waals surface area contributed by atoms with Gasteiger partial charge in [0.05, 0.1) is 0 Å². The van der Waals surface area contributed by atoms with Crippen LogP contribution in [0.15, 0.2) is 23.2 Å². The Hall–Kier alpha value is -1.22. The molecule has 1 aromatic rings. The number of halogens is 1. The highest BCUT2D eigenvalue weighted by molar-refractivity contribution is 14.0. The van der Waals surface area contributed by atoms with Crippen molar-refractivity contribution >= 4 is 29.9 Å². The minimum absolute atomic E-state index is 0. The normalized spacial score (nSPS) is 20.0. The molecule has 0 aromatic heterocycles. The van der Waals surface area contributed by atoms with Crippen LogP contribution in [0.5, 0.6) is 11.5 Å². The predicted molar refractivity (Wildman–Crippen MR) is 116 cm³/mol. The zero-order valence-corrected chi connectivity index (χ0v) is 18.3. The fourth-order valence-corrected chi connectivity index (χ4v) is 3.43. The Morgan fingerprint density at radius 3 is 2.85 bits per heavy atom. The lowest BCUT2D eigenvalue weighted by Gasteiger charge is -2.35. The summed E-state index contributed by atoms with van der Waals surface area (Å²) in [6.07, 6.45) is 2.57. The Balaban J connectivity index is 0.00000243. The number of piperidine rings is 1. The van der Waals surface area contributed by atoms with Gasteiger partial charge in [-0.05, 0) is 56.8 Å². The molecule has 0 aliphatic carbocycles. The fourth-order valence-electron chi connectivity index (χ4n) is 3.43. The minimum Gasteiger partial charge on any atom is -0.454 e. The highest BCUT2D eigenvalue weighted by Gasteiger charge is 2.21. The van der Waals surface area contributed by atoms with Crippen molar-refractivity contribution in [3.8, 4) is 11.5 Å². The number of hydrogen-bond acceptors (Lipinski definition) is 4. The van der Waals surface area contributed by atoms with Crippen molar-refractivity contribution < 1.29 is 9.47 Å².